The van der Waals surface area contributed by atoms with Gasteiger partial charge in [-0.25, -0.2) is 4.79 Å². The van der Waals surface area contributed by atoms with Crippen LogP contribution in [0.3, 0.4) is 0 Å². The van der Waals surface area contributed by atoms with E-state index in [2.05, 4.69) is 5.16 Å². The fourth-order valence-electron chi connectivity index (χ4n) is 5.55. The summed E-state index contributed by atoms with van der Waals surface area (Å²) in [5.41, 5.74) is -0.864. The first-order valence-corrected chi connectivity index (χ1v) is 9.52. The molecule has 4 heterocycles. The van der Waals surface area contributed by atoms with Crippen LogP contribution in [0.1, 0.15) is 40.0 Å². The molecule has 0 aromatic heterocycles. The molecule has 1 unspecified atom stereocenters. The Hall–Kier alpha value is -1.93. The first kappa shape index (κ1) is 17.2. The van der Waals surface area contributed by atoms with Crippen LogP contribution in [0.15, 0.2) is 16.5 Å². The fraction of sp³-hybridized carbons (Fsp3) is 0.737. The molecule has 2 saturated heterocycles. The summed E-state index contributed by atoms with van der Waals surface area (Å²) >= 11 is 0. The minimum atomic E-state index is -1.54. The molecule has 1 saturated carbocycles. The molecule has 2 aliphatic carbocycles. The van der Waals surface area contributed by atoms with Crippen molar-refractivity contribution in [3.8, 4) is 0 Å². The van der Waals surface area contributed by atoms with E-state index in [9.17, 15) is 19.8 Å². The minimum Gasteiger partial charge on any atom is -0.486 e. The molecule has 8 heteroatoms. The number of aliphatic hydroxyl groups is 2. The lowest BCUT2D eigenvalue weighted by Crippen LogP contribution is -2.66. The molecule has 0 aromatic rings. The second kappa shape index (κ2) is 5.11. The summed E-state index contributed by atoms with van der Waals surface area (Å²) in [6, 6.07) is 0. The molecule has 7 bridgehead atoms. The highest BCUT2D eigenvalue weighted by Crippen LogP contribution is 2.58. The number of ketones is 1. The second-order valence-corrected chi connectivity index (χ2v) is 8.81. The molecule has 2 N–H and O–H groups in total. The zero-order valence-electron chi connectivity index (χ0n) is 15.5. The number of aliphatic hydroxyl groups excluding tert-OH is 1. The van der Waals surface area contributed by atoms with Crippen molar-refractivity contribution in [1.29, 1.82) is 0 Å². The van der Waals surface area contributed by atoms with Gasteiger partial charge in [-0.3, -0.25) is 4.79 Å². The molecular weight excluding hydrogens is 354 g/mol. The third-order valence-electron chi connectivity index (χ3n) is 7.00. The van der Waals surface area contributed by atoms with E-state index >= 15 is 0 Å². The number of hydrogen-bond acceptors (Lipinski definition) is 8. The molecule has 8 nitrogen and oxygen atoms in total. The molecule has 27 heavy (non-hydrogen) atoms. The van der Waals surface area contributed by atoms with Crippen molar-refractivity contribution in [3.63, 3.8) is 0 Å². The minimum absolute atomic E-state index is 0.0465. The highest BCUT2D eigenvalue weighted by molar-refractivity contribution is 6.20. The Balaban J connectivity index is 1.73. The second-order valence-electron chi connectivity index (χ2n) is 8.81. The number of nitrogens with zero attached hydrogens (tertiary/aromatic N) is 1. The number of carbonyl (C=O) groups excluding carboxylic acids is 2. The van der Waals surface area contributed by atoms with Gasteiger partial charge in [0.15, 0.2) is 17.1 Å². The maximum atomic E-state index is 13.1. The maximum Gasteiger partial charge on any atom is 0.346 e. The SMILES string of the molecule is C[C@@H]1C[C@H](C)[C@]2(O)CC(=NO2)[C@@H]2[C@H](O)C3OC4=C(C(=O)O[C@@]42C[C@H]3C)C1=O. The quantitative estimate of drug-likeness (QED) is 0.471. The molecule has 1 spiro atoms. The smallest absolute Gasteiger partial charge is 0.346 e. The first-order valence-electron chi connectivity index (χ1n) is 9.52. The van der Waals surface area contributed by atoms with Gasteiger partial charge in [-0.2, -0.15) is 0 Å². The molecule has 4 aliphatic heterocycles. The monoisotopic (exact) mass is 377 g/mol. The molecule has 0 aromatic carbocycles. The molecule has 0 radical (unpaired) electrons. The van der Waals surface area contributed by atoms with Crippen molar-refractivity contribution < 1.29 is 34.1 Å². The molecule has 146 valence electrons. The number of carbonyl (C=O) groups is 2. The van der Waals surface area contributed by atoms with E-state index in [-0.39, 0.29) is 35.4 Å². The zero-order chi connectivity index (χ0) is 19.3. The lowest BCUT2D eigenvalue weighted by atomic mass is 9.62. The summed E-state index contributed by atoms with van der Waals surface area (Å²) in [6.07, 6.45) is -0.701. The number of oxime groups is 1. The van der Waals surface area contributed by atoms with Gasteiger partial charge in [0.25, 0.3) is 0 Å². The van der Waals surface area contributed by atoms with Crippen LogP contribution in [0.2, 0.25) is 0 Å². The average Bonchev–Trinajstić information content (AvgIpc) is 3.11. The van der Waals surface area contributed by atoms with Crippen LogP contribution >= 0.6 is 0 Å². The standard InChI is InChI=1S/C19H23NO7/c1-7-4-9(3)19(24)6-10(20-27-19)12-14(22)15-8(2)5-18(12)16(25-15)11(13(7)21)17(23)26-18/h7-9,12,14-15,22,24H,4-6H2,1-3H3/t7-,8-,9+,12-,14+,15?,18-,19+/m1/s1. The Bertz CT molecular complexity index is 819. The predicted molar refractivity (Wildman–Crippen MR) is 90.0 cm³/mol. The van der Waals surface area contributed by atoms with E-state index in [1.54, 1.807) is 13.8 Å². The molecule has 6 aliphatic rings. The van der Waals surface area contributed by atoms with Gasteiger partial charge < -0.3 is 24.5 Å². The van der Waals surface area contributed by atoms with Gasteiger partial charge in [0.2, 0.25) is 5.79 Å². The lowest BCUT2D eigenvalue weighted by molar-refractivity contribution is -0.220. The van der Waals surface area contributed by atoms with Crippen LogP contribution in [0, 0.1) is 23.7 Å². The largest absolute Gasteiger partial charge is 0.486 e. The normalized spacial score (nSPS) is 50.6. The van der Waals surface area contributed by atoms with Crippen LogP contribution in [0.25, 0.3) is 0 Å². The van der Waals surface area contributed by atoms with E-state index in [1.165, 1.54) is 0 Å². The molecular formula is C19H23NO7. The van der Waals surface area contributed by atoms with E-state index < -0.39 is 41.4 Å². The van der Waals surface area contributed by atoms with Gasteiger partial charge in [0.1, 0.15) is 17.8 Å². The molecule has 0 amide bonds. The van der Waals surface area contributed by atoms with Gasteiger partial charge in [0, 0.05) is 18.3 Å². The summed E-state index contributed by atoms with van der Waals surface area (Å²) in [7, 11) is 0. The summed E-state index contributed by atoms with van der Waals surface area (Å²) < 4.78 is 11.8. The Morgan fingerprint density at radius 2 is 1.96 bits per heavy atom. The van der Waals surface area contributed by atoms with E-state index in [4.69, 9.17) is 14.3 Å². The van der Waals surface area contributed by atoms with E-state index in [1.807, 2.05) is 6.92 Å². The average molecular weight is 377 g/mol. The third-order valence-corrected chi connectivity index (χ3v) is 7.00. The number of Topliss-reactive ketones (excluding diaryl/α,β-unsaturated/α-hetero) is 1. The number of hydrogen-bond donors (Lipinski definition) is 2. The van der Waals surface area contributed by atoms with Gasteiger partial charge in [-0.05, 0) is 12.3 Å². The van der Waals surface area contributed by atoms with Crippen molar-refractivity contribution in [2.45, 2.75) is 63.6 Å². The zero-order valence-corrected chi connectivity index (χ0v) is 15.5. The van der Waals surface area contributed by atoms with Crippen molar-refractivity contribution in [2.75, 3.05) is 0 Å². The van der Waals surface area contributed by atoms with Crippen molar-refractivity contribution >= 4 is 17.5 Å². The van der Waals surface area contributed by atoms with Crippen LogP contribution in [-0.4, -0.2) is 51.3 Å². The van der Waals surface area contributed by atoms with E-state index in [0.29, 0.717) is 18.6 Å². The Morgan fingerprint density at radius 3 is 2.70 bits per heavy atom. The topological polar surface area (TPSA) is 115 Å². The first-order chi connectivity index (χ1) is 12.7. The van der Waals surface area contributed by atoms with Crippen molar-refractivity contribution in [1.82, 2.24) is 0 Å². The Kier molecular flexibility index (Phi) is 3.25. The number of rotatable bonds is 0. The van der Waals surface area contributed by atoms with Gasteiger partial charge >= 0.3 is 5.97 Å². The van der Waals surface area contributed by atoms with Crippen LogP contribution in [0.4, 0.5) is 0 Å². The highest BCUT2D eigenvalue weighted by atomic mass is 16.7. The molecule has 6 rings (SSSR count). The van der Waals surface area contributed by atoms with Crippen LogP contribution < -0.4 is 0 Å². The number of ether oxygens (including phenoxy) is 2. The molecule has 3 fully saturated rings. The summed E-state index contributed by atoms with van der Waals surface area (Å²) in [5, 5.41) is 26.0. The number of esters is 1. The Labute approximate surface area is 156 Å². The molecule has 8 atom stereocenters. The lowest BCUT2D eigenvalue weighted by Gasteiger charge is -2.54. The van der Waals surface area contributed by atoms with Crippen molar-refractivity contribution in [3.05, 3.63) is 11.3 Å². The predicted octanol–water partition coefficient (Wildman–Crippen LogP) is 0.662. The Morgan fingerprint density at radius 1 is 1.22 bits per heavy atom. The van der Waals surface area contributed by atoms with Crippen LogP contribution in [-0.2, 0) is 23.9 Å². The van der Waals surface area contributed by atoms with Crippen LogP contribution in [0.5, 0.6) is 0 Å². The van der Waals surface area contributed by atoms with Gasteiger partial charge in [-0.1, -0.05) is 25.9 Å². The fourth-order valence-corrected chi connectivity index (χ4v) is 5.55. The summed E-state index contributed by atoms with van der Waals surface area (Å²) in [4.78, 5) is 31.2. The van der Waals surface area contributed by atoms with Crippen molar-refractivity contribution in [2.24, 2.45) is 28.8 Å². The third kappa shape index (κ3) is 1.97. The van der Waals surface area contributed by atoms with Gasteiger partial charge in [-0.15, -0.1) is 0 Å². The summed E-state index contributed by atoms with van der Waals surface area (Å²) in [5.74, 6) is -4.03. The highest BCUT2D eigenvalue weighted by Gasteiger charge is 2.70. The number of fused-ring (bicyclic) bond motifs is 3. The summed E-state index contributed by atoms with van der Waals surface area (Å²) in [6.45, 7) is 5.43. The van der Waals surface area contributed by atoms with Gasteiger partial charge in [0.05, 0.1) is 18.1 Å². The maximum absolute atomic E-state index is 13.1. The van der Waals surface area contributed by atoms with E-state index in [0.717, 1.165) is 0 Å².